The number of anilines is 2. The predicted molar refractivity (Wildman–Crippen MR) is 116 cm³/mol. The lowest BCUT2D eigenvalue weighted by atomic mass is 10.2. The molecule has 0 bridgehead atoms. The Balaban J connectivity index is 1.63. The summed E-state index contributed by atoms with van der Waals surface area (Å²) in [7, 11) is 0. The molecule has 0 heterocycles. The van der Waals surface area contributed by atoms with Gasteiger partial charge in [0.25, 0.3) is 11.8 Å². The highest BCUT2D eigenvalue weighted by atomic mass is 35.5. The summed E-state index contributed by atoms with van der Waals surface area (Å²) < 4.78 is 0. The Bertz CT molecular complexity index is 1020. The standard InChI is InChI=1S/C21H16ClN3O2S/c22-16-8-4-6-14(12-16)20(27)25-21(28)24-18-11-5-7-15(13-18)19(26)23-17-9-2-1-3-10-17/h1-13H,(H,23,26)(H2,24,25,27,28). The predicted octanol–water partition coefficient (Wildman–Crippen LogP) is 4.72. The summed E-state index contributed by atoms with van der Waals surface area (Å²) in [5, 5.41) is 8.88. The summed E-state index contributed by atoms with van der Waals surface area (Å²) in [5.74, 6) is -0.623. The molecule has 0 aliphatic heterocycles. The average molecular weight is 410 g/mol. The van der Waals surface area contributed by atoms with E-state index in [0.29, 0.717) is 27.5 Å². The van der Waals surface area contributed by atoms with Gasteiger partial charge in [-0.15, -0.1) is 0 Å². The van der Waals surface area contributed by atoms with E-state index in [1.807, 2.05) is 18.2 Å². The molecule has 3 aromatic rings. The van der Waals surface area contributed by atoms with E-state index in [1.54, 1.807) is 60.7 Å². The Morgan fingerprint density at radius 2 is 1.36 bits per heavy atom. The first-order valence-electron chi connectivity index (χ1n) is 8.35. The zero-order valence-electron chi connectivity index (χ0n) is 14.6. The van der Waals surface area contributed by atoms with Gasteiger partial charge in [-0.05, 0) is 60.7 Å². The Labute approximate surface area is 172 Å². The van der Waals surface area contributed by atoms with Crippen LogP contribution in [0.4, 0.5) is 11.4 Å². The fourth-order valence-corrected chi connectivity index (χ4v) is 2.83. The molecule has 0 radical (unpaired) electrons. The average Bonchev–Trinajstić information content (AvgIpc) is 2.69. The third kappa shape index (κ3) is 5.39. The molecular weight excluding hydrogens is 394 g/mol. The number of para-hydroxylation sites is 1. The van der Waals surface area contributed by atoms with E-state index in [9.17, 15) is 9.59 Å². The van der Waals surface area contributed by atoms with E-state index in [0.717, 1.165) is 0 Å². The first-order chi connectivity index (χ1) is 13.5. The lowest BCUT2D eigenvalue weighted by molar-refractivity contribution is 0.0976. The molecule has 0 fully saturated rings. The molecule has 7 heteroatoms. The second-order valence-electron chi connectivity index (χ2n) is 5.82. The van der Waals surface area contributed by atoms with Crippen molar-refractivity contribution >= 4 is 52.1 Å². The largest absolute Gasteiger partial charge is 0.332 e. The van der Waals surface area contributed by atoms with Gasteiger partial charge in [-0.1, -0.05) is 41.9 Å². The van der Waals surface area contributed by atoms with Crippen molar-refractivity contribution in [3.05, 3.63) is 95.0 Å². The highest BCUT2D eigenvalue weighted by Gasteiger charge is 2.10. The molecule has 0 atom stereocenters. The molecule has 0 unspecified atom stereocenters. The second kappa shape index (κ2) is 9.12. The van der Waals surface area contributed by atoms with Crippen molar-refractivity contribution in [2.24, 2.45) is 0 Å². The molecule has 2 amide bonds. The van der Waals surface area contributed by atoms with E-state index in [2.05, 4.69) is 16.0 Å². The number of hydrogen-bond acceptors (Lipinski definition) is 3. The number of amides is 2. The number of halogens is 1. The van der Waals surface area contributed by atoms with Crippen LogP contribution in [0.5, 0.6) is 0 Å². The smallest absolute Gasteiger partial charge is 0.257 e. The Kier molecular flexibility index (Phi) is 6.37. The number of rotatable bonds is 4. The van der Waals surface area contributed by atoms with Crippen LogP contribution < -0.4 is 16.0 Å². The van der Waals surface area contributed by atoms with Crippen molar-refractivity contribution in [1.29, 1.82) is 0 Å². The van der Waals surface area contributed by atoms with Crippen LogP contribution in [0.3, 0.4) is 0 Å². The van der Waals surface area contributed by atoms with Gasteiger partial charge in [0.1, 0.15) is 0 Å². The summed E-state index contributed by atoms with van der Waals surface area (Å²) in [6.45, 7) is 0. The van der Waals surface area contributed by atoms with E-state index >= 15 is 0 Å². The Hall–Kier alpha value is -3.22. The van der Waals surface area contributed by atoms with Gasteiger partial charge in [0, 0.05) is 27.5 Å². The van der Waals surface area contributed by atoms with Gasteiger partial charge in [0.15, 0.2) is 5.11 Å². The van der Waals surface area contributed by atoms with Crippen molar-refractivity contribution in [3.8, 4) is 0 Å². The van der Waals surface area contributed by atoms with Crippen molar-refractivity contribution < 1.29 is 9.59 Å². The summed E-state index contributed by atoms with van der Waals surface area (Å²) in [6.07, 6.45) is 0. The molecule has 0 saturated heterocycles. The molecule has 3 rings (SSSR count). The van der Waals surface area contributed by atoms with Gasteiger partial charge in [-0.2, -0.15) is 0 Å². The third-order valence-electron chi connectivity index (χ3n) is 3.73. The lowest BCUT2D eigenvalue weighted by Gasteiger charge is -2.11. The van der Waals surface area contributed by atoms with Crippen LogP contribution >= 0.6 is 23.8 Å². The number of carbonyl (C=O) groups excluding carboxylic acids is 2. The van der Waals surface area contributed by atoms with Crippen LogP contribution in [0.15, 0.2) is 78.9 Å². The number of hydrogen-bond donors (Lipinski definition) is 3. The topological polar surface area (TPSA) is 70.2 Å². The van der Waals surface area contributed by atoms with Crippen molar-refractivity contribution in [2.75, 3.05) is 10.6 Å². The summed E-state index contributed by atoms with van der Waals surface area (Å²) in [5.41, 5.74) is 2.14. The zero-order chi connectivity index (χ0) is 19.9. The number of carbonyl (C=O) groups is 2. The van der Waals surface area contributed by atoms with E-state index in [4.69, 9.17) is 23.8 Å². The highest BCUT2D eigenvalue weighted by Crippen LogP contribution is 2.14. The molecule has 0 spiro atoms. The van der Waals surface area contributed by atoms with Crippen molar-refractivity contribution in [3.63, 3.8) is 0 Å². The van der Waals surface area contributed by atoms with Gasteiger partial charge in [-0.25, -0.2) is 0 Å². The first-order valence-corrected chi connectivity index (χ1v) is 9.14. The molecular formula is C21H16ClN3O2S. The van der Waals surface area contributed by atoms with Crippen LogP contribution in [-0.4, -0.2) is 16.9 Å². The van der Waals surface area contributed by atoms with Gasteiger partial charge in [-0.3, -0.25) is 14.9 Å². The molecule has 3 aromatic carbocycles. The summed E-state index contributed by atoms with van der Waals surface area (Å²) >= 11 is 11.1. The molecule has 5 nitrogen and oxygen atoms in total. The molecule has 3 N–H and O–H groups in total. The molecule has 0 saturated carbocycles. The quantitative estimate of drug-likeness (QED) is 0.545. The molecule has 140 valence electrons. The fraction of sp³-hybridized carbons (Fsp3) is 0. The van der Waals surface area contributed by atoms with Gasteiger partial charge >= 0.3 is 0 Å². The summed E-state index contributed by atoms with van der Waals surface area (Å²) in [6, 6.07) is 22.5. The van der Waals surface area contributed by atoms with Crippen LogP contribution in [0.1, 0.15) is 20.7 Å². The number of benzene rings is 3. The monoisotopic (exact) mass is 409 g/mol. The second-order valence-corrected chi connectivity index (χ2v) is 6.66. The van der Waals surface area contributed by atoms with Crippen LogP contribution in [0, 0.1) is 0 Å². The maximum Gasteiger partial charge on any atom is 0.257 e. The Morgan fingerprint density at radius 1 is 0.714 bits per heavy atom. The van der Waals surface area contributed by atoms with Gasteiger partial charge < -0.3 is 10.6 Å². The van der Waals surface area contributed by atoms with E-state index < -0.39 is 0 Å². The minimum Gasteiger partial charge on any atom is -0.332 e. The summed E-state index contributed by atoms with van der Waals surface area (Å²) in [4.78, 5) is 24.6. The normalized spacial score (nSPS) is 10.0. The lowest BCUT2D eigenvalue weighted by Crippen LogP contribution is -2.34. The molecule has 0 aromatic heterocycles. The highest BCUT2D eigenvalue weighted by molar-refractivity contribution is 7.80. The van der Waals surface area contributed by atoms with E-state index in [1.165, 1.54) is 0 Å². The third-order valence-corrected chi connectivity index (χ3v) is 4.17. The van der Waals surface area contributed by atoms with E-state index in [-0.39, 0.29) is 16.9 Å². The number of nitrogens with one attached hydrogen (secondary N) is 3. The maximum atomic E-state index is 12.4. The number of thiocarbonyl (C=S) groups is 1. The van der Waals surface area contributed by atoms with Gasteiger partial charge in [0.2, 0.25) is 0 Å². The van der Waals surface area contributed by atoms with Crippen LogP contribution in [0.2, 0.25) is 5.02 Å². The zero-order valence-corrected chi connectivity index (χ0v) is 16.2. The van der Waals surface area contributed by atoms with Crippen LogP contribution in [-0.2, 0) is 0 Å². The maximum absolute atomic E-state index is 12.4. The van der Waals surface area contributed by atoms with Crippen molar-refractivity contribution in [1.82, 2.24) is 5.32 Å². The minimum atomic E-state index is -0.377. The molecule has 0 aliphatic carbocycles. The Morgan fingerprint density at radius 3 is 2.07 bits per heavy atom. The van der Waals surface area contributed by atoms with Crippen molar-refractivity contribution in [2.45, 2.75) is 0 Å². The van der Waals surface area contributed by atoms with Crippen LogP contribution in [0.25, 0.3) is 0 Å². The molecule has 0 aliphatic rings. The van der Waals surface area contributed by atoms with Gasteiger partial charge in [0.05, 0.1) is 0 Å². The molecule has 28 heavy (non-hydrogen) atoms. The SMILES string of the molecule is O=C(NC(=S)Nc1cccc(C(=O)Nc2ccccc2)c1)c1cccc(Cl)c1. The first kappa shape index (κ1) is 19.5. The fourth-order valence-electron chi connectivity index (χ4n) is 2.43. The minimum absolute atomic E-state index is 0.116.